The highest BCUT2D eigenvalue weighted by Gasteiger charge is 2.20. The Bertz CT molecular complexity index is 492. The number of carbonyl (C=O) groups is 1. The molecule has 0 unspecified atom stereocenters. The second kappa shape index (κ2) is 5.95. The highest BCUT2D eigenvalue weighted by Crippen LogP contribution is 2.22. The van der Waals surface area contributed by atoms with Crippen LogP contribution in [0.25, 0.3) is 0 Å². The number of amides is 1. The van der Waals surface area contributed by atoms with E-state index >= 15 is 0 Å². The molecule has 6 heteroatoms. The van der Waals surface area contributed by atoms with Crippen LogP contribution in [-0.2, 0) is 10.2 Å². The first-order valence-electron chi connectivity index (χ1n) is 6.93. The maximum Gasteiger partial charge on any atom is 0.241 e. The van der Waals surface area contributed by atoms with E-state index in [9.17, 15) is 4.79 Å². The molecule has 0 saturated carbocycles. The third-order valence-corrected chi connectivity index (χ3v) is 3.44. The average molecular weight is 297 g/mol. The minimum atomic E-state index is -0.180. The van der Waals surface area contributed by atoms with Gasteiger partial charge in [-0.3, -0.25) is 4.79 Å². The van der Waals surface area contributed by atoms with Crippen LogP contribution in [0.1, 0.15) is 39.4 Å². The number of aromatic nitrogens is 2. The zero-order valence-corrected chi connectivity index (χ0v) is 13.0. The Kier molecular flexibility index (Phi) is 4.48. The normalized spacial score (nSPS) is 15.5. The van der Waals surface area contributed by atoms with Crippen LogP contribution in [0.15, 0.2) is 6.07 Å². The molecular formula is C14H21ClN4O. The number of halogens is 1. The highest BCUT2D eigenvalue weighted by atomic mass is 35.5. The molecule has 1 aromatic heterocycles. The summed E-state index contributed by atoms with van der Waals surface area (Å²) in [6.07, 6.45) is 2.19. The van der Waals surface area contributed by atoms with E-state index < -0.39 is 0 Å². The monoisotopic (exact) mass is 296 g/mol. The number of hydrogen-bond donors (Lipinski definition) is 1. The standard InChI is InChI=1S/C14H21ClN4O/c1-14(2,3)13-17-10(15)8-11(18-13)16-9-12(20)19-6-4-5-7-19/h8H,4-7,9H2,1-3H3,(H,16,17,18). The van der Waals surface area contributed by atoms with Gasteiger partial charge in [-0.05, 0) is 12.8 Å². The van der Waals surface area contributed by atoms with Crippen molar-refractivity contribution in [2.45, 2.75) is 39.0 Å². The molecule has 0 aromatic carbocycles. The summed E-state index contributed by atoms with van der Waals surface area (Å²) in [6.45, 7) is 8.04. The summed E-state index contributed by atoms with van der Waals surface area (Å²) in [4.78, 5) is 22.5. The molecule has 2 rings (SSSR count). The van der Waals surface area contributed by atoms with Gasteiger partial charge in [-0.2, -0.15) is 0 Å². The lowest BCUT2D eigenvalue weighted by molar-refractivity contribution is -0.128. The molecule has 1 fully saturated rings. The van der Waals surface area contributed by atoms with Crippen molar-refractivity contribution in [2.75, 3.05) is 25.0 Å². The molecule has 1 aliphatic heterocycles. The molecule has 1 aliphatic rings. The van der Waals surface area contributed by atoms with E-state index in [1.54, 1.807) is 6.07 Å². The van der Waals surface area contributed by atoms with Crippen molar-refractivity contribution in [3.8, 4) is 0 Å². The number of nitrogens with one attached hydrogen (secondary N) is 1. The quantitative estimate of drug-likeness (QED) is 0.871. The van der Waals surface area contributed by atoms with Gasteiger partial charge in [-0.1, -0.05) is 32.4 Å². The van der Waals surface area contributed by atoms with Crippen LogP contribution in [0, 0.1) is 0 Å². The van der Waals surface area contributed by atoms with Crippen LogP contribution >= 0.6 is 11.6 Å². The molecule has 5 nitrogen and oxygen atoms in total. The fourth-order valence-electron chi connectivity index (χ4n) is 2.09. The molecule has 0 atom stereocenters. The second-order valence-electron chi connectivity index (χ2n) is 6.09. The topological polar surface area (TPSA) is 58.1 Å². The van der Waals surface area contributed by atoms with Gasteiger partial charge in [0.05, 0.1) is 6.54 Å². The number of anilines is 1. The summed E-state index contributed by atoms with van der Waals surface area (Å²) in [6, 6.07) is 1.65. The number of hydrogen-bond acceptors (Lipinski definition) is 4. The molecule has 1 amide bonds. The Morgan fingerprint density at radius 1 is 1.35 bits per heavy atom. The third kappa shape index (κ3) is 3.82. The Labute approximate surface area is 124 Å². The number of rotatable bonds is 3. The molecule has 1 N–H and O–H groups in total. The Morgan fingerprint density at radius 2 is 2.00 bits per heavy atom. The van der Waals surface area contributed by atoms with Crippen LogP contribution in [0.5, 0.6) is 0 Å². The largest absolute Gasteiger partial charge is 0.361 e. The van der Waals surface area contributed by atoms with Crippen LogP contribution in [-0.4, -0.2) is 40.4 Å². The molecule has 0 radical (unpaired) electrons. The number of carbonyl (C=O) groups excluding carboxylic acids is 1. The SMILES string of the molecule is CC(C)(C)c1nc(Cl)cc(NCC(=O)N2CCCC2)n1. The van der Waals surface area contributed by atoms with E-state index in [1.807, 2.05) is 25.7 Å². The number of likely N-dealkylation sites (tertiary alicyclic amines) is 1. The van der Waals surface area contributed by atoms with E-state index in [0.717, 1.165) is 25.9 Å². The van der Waals surface area contributed by atoms with Crippen molar-refractivity contribution in [1.29, 1.82) is 0 Å². The van der Waals surface area contributed by atoms with E-state index in [-0.39, 0.29) is 17.9 Å². The van der Waals surface area contributed by atoms with Crippen LogP contribution in [0.4, 0.5) is 5.82 Å². The van der Waals surface area contributed by atoms with Crippen molar-refractivity contribution in [3.05, 3.63) is 17.0 Å². The summed E-state index contributed by atoms with van der Waals surface area (Å²) in [7, 11) is 0. The maximum absolute atomic E-state index is 12.0. The van der Waals surface area contributed by atoms with Crippen LogP contribution in [0.2, 0.25) is 5.15 Å². The summed E-state index contributed by atoms with van der Waals surface area (Å²) in [5, 5.41) is 3.44. The molecule has 0 aliphatic carbocycles. The Morgan fingerprint density at radius 3 is 2.60 bits per heavy atom. The van der Waals surface area contributed by atoms with Gasteiger partial charge in [0.25, 0.3) is 0 Å². The van der Waals surface area contributed by atoms with Gasteiger partial charge in [-0.25, -0.2) is 9.97 Å². The number of nitrogens with zero attached hydrogens (tertiary/aromatic N) is 3. The van der Waals surface area contributed by atoms with Gasteiger partial charge in [-0.15, -0.1) is 0 Å². The molecule has 1 aromatic rings. The van der Waals surface area contributed by atoms with E-state index in [2.05, 4.69) is 15.3 Å². The van der Waals surface area contributed by atoms with Crippen molar-refractivity contribution in [2.24, 2.45) is 0 Å². The molecule has 0 bridgehead atoms. The van der Waals surface area contributed by atoms with Gasteiger partial charge in [0.1, 0.15) is 16.8 Å². The zero-order chi connectivity index (χ0) is 14.8. The first-order chi connectivity index (χ1) is 9.36. The van der Waals surface area contributed by atoms with E-state index in [4.69, 9.17) is 11.6 Å². The lowest BCUT2D eigenvalue weighted by Crippen LogP contribution is -2.33. The van der Waals surface area contributed by atoms with Crippen molar-refractivity contribution in [3.63, 3.8) is 0 Å². The second-order valence-corrected chi connectivity index (χ2v) is 6.48. The summed E-state index contributed by atoms with van der Waals surface area (Å²) in [5.41, 5.74) is -0.180. The molecular weight excluding hydrogens is 276 g/mol. The lowest BCUT2D eigenvalue weighted by atomic mass is 9.96. The highest BCUT2D eigenvalue weighted by molar-refractivity contribution is 6.29. The Balaban J connectivity index is 2.02. The molecule has 110 valence electrons. The average Bonchev–Trinajstić information content (AvgIpc) is 2.88. The van der Waals surface area contributed by atoms with Crippen molar-refractivity contribution in [1.82, 2.24) is 14.9 Å². The van der Waals surface area contributed by atoms with Crippen molar-refractivity contribution >= 4 is 23.3 Å². The van der Waals surface area contributed by atoms with Gasteiger partial charge >= 0.3 is 0 Å². The summed E-state index contributed by atoms with van der Waals surface area (Å²) < 4.78 is 0. The van der Waals surface area contributed by atoms with Crippen LogP contribution < -0.4 is 5.32 Å². The smallest absolute Gasteiger partial charge is 0.241 e. The van der Waals surface area contributed by atoms with Gasteiger partial charge in [0.15, 0.2) is 0 Å². The van der Waals surface area contributed by atoms with Gasteiger partial charge in [0.2, 0.25) is 5.91 Å². The summed E-state index contributed by atoms with van der Waals surface area (Å²) in [5.74, 6) is 1.37. The zero-order valence-electron chi connectivity index (χ0n) is 12.2. The molecule has 20 heavy (non-hydrogen) atoms. The minimum Gasteiger partial charge on any atom is -0.361 e. The lowest BCUT2D eigenvalue weighted by Gasteiger charge is -2.19. The first kappa shape index (κ1) is 15.0. The van der Waals surface area contributed by atoms with E-state index in [1.165, 1.54) is 0 Å². The van der Waals surface area contributed by atoms with E-state index in [0.29, 0.717) is 16.8 Å². The predicted molar refractivity (Wildman–Crippen MR) is 80.0 cm³/mol. The molecule has 1 saturated heterocycles. The summed E-state index contributed by atoms with van der Waals surface area (Å²) >= 11 is 6.01. The predicted octanol–water partition coefficient (Wildman–Crippen LogP) is 2.46. The third-order valence-electron chi connectivity index (χ3n) is 3.25. The molecule has 2 heterocycles. The van der Waals surface area contributed by atoms with Crippen molar-refractivity contribution < 1.29 is 4.79 Å². The maximum atomic E-state index is 12.0. The van der Waals surface area contributed by atoms with Crippen LogP contribution in [0.3, 0.4) is 0 Å². The first-order valence-corrected chi connectivity index (χ1v) is 7.31. The fraction of sp³-hybridized carbons (Fsp3) is 0.643. The van der Waals surface area contributed by atoms with Gasteiger partial charge in [0, 0.05) is 24.6 Å². The minimum absolute atomic E-state index is 0.106. The Hall–Kier alpha value is -1.36. The van der Waals surface area contributed by atoms with Gasteiger partial charge < -0.3 is 10.2 Å². The fourth-order valence-corrected chi connectivity index (χ4v) is 2.27. The molecule has 0 spiro atoms.